The van der Waals surface area contributed by atoms with E-state index in [-0.39, 0.29) is 5.41 Å². The van der Waals surface area contributed by atoms with Crippen molar-refractivity contribution in [2.75, 3.05) is 0 Å². The van der Waals surface area contributed by atoms with E-state index in [1.807, 2.05) is 66.7 Å². The molecule has 0 aliphatic heterocycles. The average molecular weight is 757 g/mol. The molecule has 12 rings (SSSR count). The van der Waals surface area contributed by atoms with Crippen molar-refractivity contribution in [3.05, 3.63) is 193 Å². The maximum absolute atomic E-state index is 7.13. The van der Waals surface area contributed by atoms with Gasteiger partial charge >= 0.3 is 0 Å². The molecule has 5 nitrogen and oxygen atoms in total. The van der Waals surface area contributed by atoms with Crippen LogP contribution in [-0.4, -0.2) is 19.5 Å². The van der Waals surface area contributed by atoms with Crippen LogP contribution >= 0.6 is 0 Å². The molecule has 0 amide bonds. The van der Waals surface area contributed by atoms with Gasteiger partial charge in [-0.15, -0.1) is 0 Å². The Bertz CT molecular complexity index is 3400. The first-order chi connectivity index (χ1) is 29.0. The molecule has 0 radical (unpaired) electrons. The van der Waals surface area contributed by atoms with Crippen molar-refractivity contribution in [2.45, 2.75) is 19.3 Å². The highest BCUT2D eigenvalue weighted by molar-refractivity contribution is 6.18. The first-order valence-electron chi connectivity index (χ1n) is 20.1. The van der Waals surface area contributed by atoms with E-state index >= 15 is 0 Å². The van der Waals surface area contributed by atoms with Crippen LogP contribution in [0, 0.1) is 0 Å². The molecule has 5 heteroatoms. The molecule has 278 valence electrons. The SMILES string of the molecule is CC1(C)c2ccccc2-c2ccc3c4ccccc4n(-c4cc(-c5ccccc5)cc5c4oc4cccc(-c6nc(-c7ccccc7)nc(-c7ccccc7)n6)c45)c3c21. The Labute approximate surface area is 340 Å². The zero-order valence-electron chi connectivity index (χ0n) is 32.5. The number of fused-ring (bicyclic) bond motifs is 10. The lowest BCUT2D eigenvalue weighted by Gasteiger charge is -2.24. The predicted octanol–water partition coefficient (Wildman–Crippen LogP) is 13.8. The molecule has 0 N–H and O–H groups in total. The number of benzene rings is 8. The second kappa shape index (κ2) is 12.7. The van der Waals surface area contributed by atoms with E-state index in [1.165, 1.54) is 38.5 Å². The molecular weight excluding hydrogens is 721 g/mol. The monoisotopic (exact) mass is 756 g/mol. The number of hydrogen-bond donors (Lipinski definition) is 0. The molecule has 3 heterocycles. The van der Waals surface area contributed by atoms with Crippen molar-refractivity contribution in [1.82, 2.24) is 19.5 Å². The van der Waals surface area contributed by atoms with Crippen molar-refractivity contribution < 1.29 is 4.42 Å². The Hall–Kier alpha value is -7.63. The fourth-order valence-corrected chi connectivity index (χ4v) is 9.55. The molecule has 0 saturated heterocycles. The Morgan fingerprint density at radius 3 is 1.80 bits per heavy atom. The molecule has 0 saturated carbocycles. The zero-order chi connectivity index (χ0) is 39.2. The molecule has 0 spiro atoms. The summed E-state index contributed by atoms with van der Waals surface area (Å²) in [5.74, 6) is 1.83. The first kappa shape index (κ1) is 33.5. The molecule has 11 aromatic rings. The van der Waals surface area contributed by atoms with Crippen LogP contribution in [0.5, 0.6) is 0 Å². The summed E-state index contributed by atoms with van der Waals surface area (Å²) in [4.78, 5) is 15.3. The van der Waals surface area contributed by atoms with Crippen LogP contribution in [0.25, 0.3) is 106 Å². The van der Waals surface area contributed by atoms with Gasteiger partial charge in [0.1, 0.15) is 5.58 Å². The van der Waals surface area contributed by atoms with E-state index in [9.17, 15) is 0 Å². The third-order valence-electron chi connectivity index (χ3n) is 12.2. The van der Waals surface area contributed by atoms with Gasteiger partial charge in [0.15, 0.2) is 23.1 Å². The number of rotatable bonds is 5. The normalized spacial score (nSPS) is 13.1. The van der Waals surface area contributed by atoms with E-state index in [1.54, 1.807) is 0 Å². The van der Waals surface area contributed by atoms with Crippen molar-refractivity contribution >= 4 is 43.7 Å². The van der Waals surface area contributed by atoms with Gasteiger partial charge in [-0.3, -0.25) is 0 Å². The zero-order valence-corrected chi connectivity index (χ0v) is 32.5. The number of hydrogen-bond acceptors (Lipinski definition) is 4. The van der Waals surface area contributed by atoms with E-state index in [0.717, 1.165) is 61.0 Å². The predicted molar refractivity (Wildman–Crippen MR) is 241 cm³/mol. The summed E-state index contributed by atoms with van der Waals surface area (Å²) in [5, 5.41) is 4.39. The summed E-state index contributed by atoms with van der Waals surface area (Å²) in [7, 11) is 0. The van der Waals surface area contributed by atoms with E-state index in [2.05, 4.69) is 134 Å². The van der Waals surface area contributed by atoms with Gasteiger partial charge in [-0.05, 0) is 57.6 Å². The lowest BCUT2D eigenvalue weighted by Crippen LogP contribution is -2.16. The molecule has 0 atom stereocenters. The van der Waals surface area contributed by atoms with Crippen molar-refractivity contribution in [3.63, 3.8) is 0 Å². The van der Waals surface area contributed by atoms with E-state index < -0.39 is 0 Å². The van der Waals surface area contributed by atoms with Crippen molar-refractivity contribution in [2.24, 2.45) is 0 Å². The van der Waals surface area contributed by atoms with Gasteiger partial charge in [-0.2, -0.15) is 0 Å². The van der Waals surface area contributed by atoms with Crippen LogP contribution in [0.1, 0.15) is 25.0 Å². The van der Waals surface area contributed by atoms with Crippen molar-refractivity contribution in [3.8, 4) is 62.1 Å². The highest BCUT2D eigenvalue weighted by atomic mass is 16.3. The maximum Gasteiger partial charge on any atom is 0.164 e. The number of para-hydroxylation sites is 1. The van der Waals surface area contributed by atoms with Crippen molar-refractivity contribution in [1.29, 1.82) is 0 Å². The summed E-state index contributed by atoms with van der Waals surface area (Å²) in [6, 6.07) is 64.0. The van der Waals surface area contributed by atoms with Gasteiger partial charge in [0.05, 0.1) is 16.7 Å². The molecule has 1 aliphatic carbocycles. The van der Waals surface area contributed by atoms with Gasteiger partial charge in [0, 0.05) is 43.7 Å². The quantitative estimate of drug-likeness (QED) is 0.175. The fraction of sp³-hybridized carbons (Fsp3) is 0.0556. The minimum atomic E-state index is -0.236. The summed E-state index contributed by atoms with van der Waals surface area (Å²) in [6.07, 6.45) is 0. The van der Waals surface area contributed by atoms with Crippen LogP contribution < -0.4 is 0 Å². The number of nitrogens with zero attached hydrogens (tertiary/aromatic N) is 4. The minimum absolute atomic E-state index is 0.236. The van der Waals surface area contributed by atoms with Gasteiger partial charge in [0.25, 0.3) is 0 Å². The van der Waals surface area contributed by atoms with E-state index in [4.69, 9.17) is 19.4 Å². The molecule has 59 heavy (non-hydrogen) atoms. The second-order valence-corrected chi connectivity index (χ2v) is 16.0. The van der Waals surface area contributed by atoms with Crippen LogP contribution in [0.4, 0.5) is 0 Å². The Kier molecular flexibility index (Phi) is 7.20. The Balaban J connectivity index is 1.20. The van der Waals surface area contributed by atoms with Gasteiger partial charge in [-0.1, -0.05) is 172 Å². The first-order valence-corrected chi connectivity index (χ1v) is 20.1. The summed E-state index contributed by atoms with van der Waals surface area (Å²) in [6.45, 7) is 4.73. The molecule has 0 fully saturated rings. The molecule has 1 aliphatic rings. The minimum Gasteiger partial charge on any atom is -0.454 e. The highest BCUT2D eigenvalue weighted by Crippen LogP contribution is 2.53. The molecule has 0 unspecified atom stereocenters. The summed E-state index contributed by atoms with van der Waals surface area (Å²) >= 11 is 0. The standard InChI is InChI=1S/C54H36N4O/c1-54(2)43-26-14-12-23-37(43)39-29-30-40-38-24-13-15-27-44(38)58(49(40)48(39)54)45-32-36(33-17-6-3-7-18-33)31-42-47-41(25-16-28-46(47)59-50(42)45)53-56-51(34-19-8-4-9-20-34)55-52(57-53)35-21-10-5-11-22-35/h3-32H,1-2H3. The van der Waals surface area contributed by atoms with Crippen LogP contribution in [0.2, 0.25) is 0 Å². The molecule has 0 bridgehead atoms. The largest absolute Gasteiger partial charge is 0.454 e. The lowest BCUT2D eigenvalue weighted by atomic mass is 9.81. The summed E-state index contributed by atoms with van der Waals surface area (Å²) in [5.41, 5.74) is 14.9. The van der Waals surface area contributed by atoms with Gasteiger partial charge in [-0.25, -0.2) is 15.0 Å². The average Bonchev–Trinajstić information content (AvgIpc) is 3.92. The van der Waals surface area contributed by atoms with Crippen LogP contribution in [0.3, 0.4) is 0 Å². The maximum atomic E-state index is 7.13. The van der Waals surface area contributed by atoms with E-state index in [0.29, 0.717) is 17.5 Å². The molecular formula is C54H36N4O. The number of aromatic nitrogens is 4. The Morgan fingerprint density at radius 2 is 1.07 bits per heavy atom. The highest BCUT2D eigenvalue weighted by Gasteiger charge is 2.38. The number of furan rings is 1. The van der Waals surface area contributed by atoms with Gasteiger partial charge in [0.2, 0.25) is 0 Å². The van der Waals surface area contributed by atoms with Gasteiger partial charge < -0.3 is 8.98 Å². The fourth-order valence-electron chi connectivity index (χ4n) is 9.55. The Morgan fingerprint density at radius 1 is 0.458 bits per heavy atom. The molecule has 8 aromatic carbocycles. The second-order valence-electron chi connectivity index (χ2n) is 16.0. The lowest BCUT2D eigenvalue weighted by molar-refractivity contribution is 0.660. The smallest absolute Gasteiger partial charge is 0.164 e. The third kappa shape index (κ3) is 5.01. The van der Waals surface area contributed by atoms with Crippen LogP contribution in [-0.2, 0) is 5.41 Å². The molecule has 3 aromatic heterocycles. The van der Waals surface area contributed by atoms with Crippen LogP contribution in [0.15, 0.2) is 186 Å². The summed E-state index contributed by atoms with van der Waals surface area (Å²) < 4.78 is 9.60. The topological polar surface area (TPSA) is 56.7 Å². The third-order valence-corrected chi connectivity index (χ3v) is 12.2.